The molecule has 0 saturated heterocycles. The molecule has 0 atom stereocenters. The SMILES string of the molecule is I.[O]=[Re]=[O].c1ccc([PH+](c2ccccc2)c2ccccc2)cc1. The van der Waals surface area contributed by atoms with Crippen LogP contribution in [0.4, 0.5) is 0 Å². The number of halogens is 1. The molecule has 3 rings (SSSR count). The fourth-order valence-corrected chi connectivity index (χ4v) is 4.89. The molecule has 5 heteroatoms. The molecule has 0 aliphatic rings. The van der Waals surface area contributed by atoms with E-state index in [-0.39, 0.29) is 24.0 Å². The Hall–Kier alpha value is -0.918. The molecule has 3 aromatic rings. The van der Waals surface area contributed by atoms with Crippen LogP contribution in [0.1, 0.15) is 0 Å². The predicted molar refractivity (Wildman–Crippen MR) is 103 cm³/mol. The molecule has 0 N–H and O–H groups in total. The van der Waals surface area contributed by atoms with Gasteiger partial charge in [0, 0.05) is 0 Å². The molecule has 0 bridgehead atoms. The van der Waals surface area contributed by atoms with Gasteiger partial charge in [-0.05, 0) is 36.4 Å². The second kappa shape index (κ2) is 11.6. The van der Waals surface area contributed by atoms with Gasteiger partial charge in [-0.25, -0.2) is 0 Å². The summed E-state index contributed by atoms with van der Waals surface area (Å²) in [6.07, 6.45) is 0. The van der Waals surface area contributed by atoms with Gasteiger partial charge in [0.2, 0.25) is 0 Å². The van der Waals surface area contributed by atoms with Crippen LogP contribution in [0.15, 0.2) is 91.0 Å². The first kappa shape index (κ1) is 20.1. The van der Waals surface area contributed by atoms with E-state index in [0.29, 0.717) is 0 Å². The molecule has 119 valence electrons. The van der Waals surface area contributed by atoms with E-state index >= 15 is 0 Å². The Morgan fingerprint density at radius 2 is 0.739 bits per heavy atom. The Morgan fingerprint density at radius 1 is 0.522 bits per heavy atom. The summed E-state index contributed by atoms with van der Waals surface area (Å²) in [4.78, 5) is 0. The minimum absolute atomic E-state index is 0. The van der Waals surface area contributed by atoms with Crippen LogP contribution in [0.5, 0.6) is 0 Å². The van der Waals surface area contributed by atoms with Gasteiger partial charge in [0.25, 0.3) is 0 Å². The summed E-state index contributed by atoms with van der Waals surface area (Å²) in [5.74, 6) is 0. The molecule has 0 unspecified atom stereocenters. The quantitative estimate of drug-likeness (QED) is 0.337. The molecule has 0 aromatic heterocycles. The van der Waals surface area contributed by atoms with Crippen LogP contribution < -0.4 is 15.9 Å². The predicted octanol–water partition coefficient (Wildman–Crippen LogP) is 3.56. The normalized spacial score (nSPS) is 9.26. The van der Waals surface area contributed by atoms with Crippen molar-refractivity contribution in [3.8, 4) is 0 Å². The third-order valence-corrected chi connectivity index (χ3v) is 5.92. The summed E-state index contributed by atoms with van der Waals surface area (Å²) in [5, 5.41) is 4.31. The maximum Gasteiger partial charge on any atom is 0.102 e. The number of benzene rings is 3. The van der Waals surface area contributed by atoms with E-state index in [9.17, 15) is 0 Å². The average Bonchev–Trinajstić information content (AvgIpc) is 2.59. The Kier molecular flexibility index (Phi) is 10.1. The third-order valence-electron chi connectivity index (χ3n) is 3.19. The molecule has 3 aromatic carbocycles. The van der Waals surface area contributed by atoms with Gasteiger partial charge >= 0.3 is 24.8 Å². The van der Waals surface area contributed by atoms with Crippen molar-refractivity contribution in [3.05, 3.63) is 91.0 Å². The molecule has 0 fully saturated rings. The van der Waals surface area contributed by atoms with Gasteiger partial charge in [0.1, 0.15) is 15.9 Å². The standard InChI is InChI=1S/C18H15P.HI.2O.Re/c1-4-10-16(11-5-1)19(17-12-6-2-7-13-17)18-14-8-3-9-15-18;;;;/h1-15H;1H;;;/p+1. The topological polar surface area (TPSA) is 34.1 Å². The van der Waals surface area contributed by atoms with Crippen LogP contribution in [0.2, 0.25) is 0 Å². The summed E-state index contributed by atoms with van der Waals surface area (Å²) in [6.45, 7) is 0. The van der Waals surface area contributed by atoms with Gasteiger partial charge in [-0.2, -0.15) is 0 Å². The maximum absolute atomic E-state index is 8.53. The largest absolute Gasteiger partial charge is 0.102 e. The van der Waals surface area contributed by atoms with E-state index in [0.717, 1.165) is 0 Å². The minimum atomic E-state index is -2.17. The Morgan fingerprint density at radius 3 is 0.957 bits per heavy atom. The van der Waals surface area contributed by atoms with Crippen LogP contribution in [-0.2, 0) is 24.8 Å². The van der Waals surface area contributed by atoms with Gasteiger partial charge in [-0.1, -0.05) is 54.6 Å². The van der Waals surface area contributed by atoms with Crippen LogP contribution in [0.25, 0.3) is 0 Å². The first-order chi connectivity index (χ1) is 10.9. The molecule has 0 aliphatic heterocycles. The van der Waals surface area contributed by atoms with Crippen molar-refractivity contribution >= 4 is 47.8 Å². The third kappa shape index (κ3) is 6.24. The van der Waals surface area contributed by atoms with Gasteiger partial charge in [0.05, 0.1) is 7.92 Å². The van der Waals surface area contributed by atoms with Crippen LogP contribution in [-0.4, -0.2) is 0 Å². The zero-order chi connectivity index (χ0) is 15.6. The van der Waals surface area contributed by atoms with E-state index in [1.807, 2.05) is 0 Å². The molecule has 0 amide bonds. The Bertz CT molecular complexity index is 624. The van der Waals surface area contributed by atoms with Gasteiger partial charge in [-0.15, -0.1) is 24.0 Å². The van der Waals surface area contributed by atoms with E-state index < -0.39 is 25.8 Å². The van der Waals surface area contributed by atoms with Crippen molar-refractivity contribution < 1.29 is 24.8 Å². The number of hydrogen-bond acceptors (Lipinski definition) is 2. The summed E-state index contributed by atoms with van der Waals surface area (Å²) in [6, 6.07) is 32.5. The van der Waals surface area contributed by atoms with Gasteiger partial charge in [-0.3, -0.25) is 0 Å². The van der Waals surface area contributed by atoms with Crippen LogP contribution >= 0.6 is 31.9 Å². The maximum atomic E-state index is 8.53. The van der Waals surface area contributed by atoms with Crippen molar-refractivity contribution in [2.75, 3.05) is 0 Å². The fraction of sp³-hybridized carbons (Fsp3) is 0. The van der Waals surface area contributed by atoms with E-state index in [2.05, 4.69) is 91.0 Å². The average molecular weight is 609 g/mol. The Labute approximate surface area is 162 Å². The van der Waals surface area contributed by atoms with Crippen LogP contribution in [0, 0.1) is 0 Å². The van der Waals surface area contributed by atoms with Crippen molar-refractivity contribution in [3.63, 3.8) is 0 Å². The van der Waals surface area contributed by atoms with Gasteiger partial charge in [0.15, 0.2) is 0 Å². The minimum Gasteiger partial charge on any atom is -0.0620 e. The molecule has 0 heterocycles. The number of hydrogen-bond donors (Lipinski definition) is 0. The smallest absolute Gasteiger partial charge is 0.0620 e. The second-order valence-electron chi connectivity index (χ2n) is 4.54. The van der Waals surface area contributed by atoms with Crippen molar-refractivity contribution in [2.45, 2.75) is 0 Å². The van der Waals surface area contributed by atoms with E-state index in [4.69, 9.17) is 6.94 Å². The molecular weight excluding hydrogens is 592 g/mol. The summed E-state index contributed by atoms with van der Waals surface area (Å²) in [7, 11) is -0.877. The molecule has 23 heavy (non-hydrogen) atoms. The molecular formula is C18H17IO2PRe+. The zero-order valence-electron chi connectivity index (χ0n) is 12.3. The number of rotatable bonds is 3. The second-order valence-corrected chi connectivity index (χ2v) is 7.47. The van der Waals surface area contributed by atoms with Crippen molar-refractivity contribution in [2.24, 2.45) is 0 Å². The van der Waals surface area contributed by atoms with Crippen LogP contribution in [0.3, 0.4) is 0 Å². The summed E-state index contributed by atoms with van der Waals surface area (Å²) >= 11 is -2.17. The molecule has 0 spiro atoms. The van der Waals surface area contributed by atoms with E-state index in [1.54, 1.807) is 0 Å². The zero-order valence-corrected chi connectivity index (χ0v) is 18.3. The molecule has 0 aliphatic carbocycles. The van der Waals surface area contributed by atoms with Gasteiger partial charge < -0.3 is 0 Å². The molecule has 2 nitrogen and oxygen atoms in total. The monoisotopic (exact) mass is 610 g/mol. The van der Waals surface area contributed by atoms with Crippen molar-refractivity contribution in [1.29, 1.82) is 0 Å². The van der Waals surface area contributed by atoms with E-state index in [1.165, 1.54) is 15.9 Å². The molecule has 0 saturated carbocycles. The Balaban J connectivity index is 0.000000615. The fourth-order valence-electron chi connectivity index (χ4n) is 2.31. The van der Waals surface area contributed by atoms with Crippen molar-refractivity contribution in [1.82, 2.24) is 0 Å². The summed E-state index contributed by atoms with van der Waals surface area (Å²) < 4.78 is 17.1. The molecule has 0 radical (unpaired) electrons. The first-order valence-electron chi connectivity index (χ1n) is 6.79. The summed E-state index contributed by atoms with van der Waals surface area (Å²) in [5.41, 5.74) is 0. The first-order valence-corrected chi connectivity index (χ1v) is 10.5.